The average molecular weight is 261 g/mol. The highest BCUT2D eigenvalue weighted by atomic mass is 16.2. The maximum Gasteiger partial charge on any atom is 0.226 e. The van der Waals surface area contributed by atoms with E-state index in [4.69, 9.17) is 0 Å². The van der Waals surface area contributed by atoms with E-state index < -0.39 is 0 Å². The van der Waals surface area contributed by atoms with Crippen LogP contribution in [-0.4, -0.2) is 24.0 Å². The molecule has 0 unspecified atom stereocenters. The van der Waals surface area contributed by atoms with Gasteiger partial charge in [0, 0.05) is 6.20 Å². The van der Waals surface area contributed by atoms with Crippen LogP contribution in [0.3, 0.4) is 0 Å². The Labute approximate surface area is 115 Å². The topological polar surface area (TPSA) is 54.0 Å². The van der Waals surface area contributed by atoms with Crippen molar-refractivity contribution in [2.45, 2.75) is 39.2 Å². The largest absolute Gasteiger partial charge is 0.350 e. The van der Waals surface area contributed by atoms with E-state index in [0.717, 1.165) is 44.5 Å². The van der Waals surface area contributed by atoms with Crippen molar-refractivity contribution in [3.8, 4) is 0 Å². The van der Waals surface area contributed by atoms with E-state index in [1.807, 2.05) is 18.2 Å². The summed E-state index contributed by atoms with van der Waals surface area (Å²) in [6.07, 6.45) is 5.66. The van der Waals surface area contributed by atoms with Gasteiger partial charge in [0.15, 0.2) is 0 Å². The van der Waals surface area contributed by atoms with E-state index in [2.05, 4.69) is 22.5 Å². The lowest BCUT2D eigenvalue weighted by Gasteiger charge is -2.36. The molecular formula is C15H23N3O. The highest BCUT2D eigenvalue weighted by Crippen LogP contribution is 2.34. The van der Waals surface area contributed by atoms with Crippen LogP contribution >= 0.6 is 0 Å². The Morgan fingerprint density at radius 2 is 2.21 bits per heavy atom. The summed E-state index contributed by atoms with van der Waals surface area (Å²) in [5.74, 6) is 0.196. The Bertz CT molecular complexity index is 394. The zero-order chi connectivity index (χ0) is 13.6. The number of aromatic nitrogens is 1. The van der Waals surface area contributed by atoms with E-state index in [1.165, 1.54) is 0 Å². The smallest absolute Gasteiger partial charge is 0.226 e. The third-order valence-corrected chi connectivity index (χ3v) is 3.93. The molecule has 0 radical (unpaired) electrons. The highest BCUT2D eigenvalue weighted by Gasteiger charge is 2.38. The molecule has 1 fully saturated rings. The zero-order valence-corrected chi connectivity index (χ0v) is 11.6. The molecule has 2 heterocycles. The molecule has 1 aromatic heterocycles. The number of piperidine rings is 1. The number of hydrogen-bond acceptors (Lipinski definition) is 3. The molecule has 0 aliphatic carbocycles. The predicted octanol–water partition coefficient (Wildman–Crippen LogP) is 1.87. The second-order valence-corrected chi connectivity index (χ2v) is 5.28. The number of pyridine rings is 1. The van der Waals surface area contributed by atoms with Crippen molar-refractivity contribution in [3.63, 3.8) is 0 Å². The maximum absolute atomic E-state index is 12.5. The van der Waals surface area contributed by atoms with Crippen molar-refractivity contribution in [1.29, 1.82) is 0 Å². The van der Waals surface area contributed by atoms with Gasteiger partial charge in [0.2, 0.25) is 5.91 Å². The molecule has 0 bridgehead atoms. The van der Waals surface area contributed by atoms with Gasteiger partial charge in [0.05, 0.1) is 17.7 Å². The van der Waals surface area contributed by atoms with Crippen molar-refractivity contribution in [2.75, 3.05) is 13.1 Å². The molecule has 2 N–H and O–H groups in total. The minimum atomic E-state index is -0.172. The summed E-state index contributed by atoms with van der Waals surface area (Å²) in [5.41, 5.74) is 0.742. The number of carbonyl (C=O) groups is 1. The second-order valence-electron chi connectivity index (χ2n) is 5.28. The van der Waals surface area contributed by atoms with Crippen molar-refractivity contribution in [3.05, 3.63) is 30.1 Å². The number of nitrogens with one attached hydrogen (secondary N) is 2. The fourth-order valence-electron chi connectivity index (χ4n) is 2.84. The van der Waals surface area contributed by atoms with E-state index in [-0.39, 0.29) is 11.3 Å². The molecule has 0 saturated carbocycles. The van der Waals surface area contributed by atoms with E-state index in [9.17, 15) is 4.79 Å². The van der Waals surface area contributed by atoms with Gasteiger partial charge in [-0.15, -0.1) is 0 Å². The maximum atomic E-state index is 12.5. The summed E-state index contributed by atoms with van der Waals surface area (Å²) in [4.78, 5) is 16.8. The summed E-state index contributed by atoms with van der Waals surface area (Å²) in [5, 5.41) is 6.40. The Balaban J connectivity index is 1.96. The molecular weight excluding hydrogens is 238 g/mol. The molecule has 1 amide bonds. The molecule has 1 saturated heterocycles. The van der Waals surface area contributed by atoms with Crippen LogP contribution in [-0.2, 0) is 11.3 Å². The number of amides is 1. The fourth-order valence-corrected chi connectivity index (χ4v) is 2.84. The van der Waals surface area contributed by atoms with Crippen molar-refractivity contribution in [2.24, 2.45) is 5.41 Å². The zero-order valence-electron chi connectivity index (χ0n) is 11.6. The quantitative estimate of drug-likeness (QED) is 0.850. The van der Waals surface area contributed by atoms with Gasteiger partial charge in [0.1, 0.15) is 0 Å². The fraction of sp³-hybridized carbons (Fsp3) is 0.600. The Hall–Kier alpha value is -1.42. The van der Waals surface area contributed by atoms with Crippen LogP contribution in [0.2, 0.25) is 0 Å². The van der Waals surface area contributed by atoms with Crippen LogP contribution in [0.15, 0.2) is 24.4 Å². The van der Waals surface area contributed by atoms with E-state index in [0.29, 0.717) is 6.54 Å². The summed E-state index contributed by atoms with van der Waals surface area (Å²) in [6, 6.07) is 5.77. The molecule has 104 valence electrons. The third kappa shape index (κ3) is 3.53. The van der Waals surface area contributed by atoms with Crippen molar-refractivity contribution >= 4 is 5.91 Å². The van der Waals surface area contributed by atoms with Gasteiger partial charge >= 0.3 is 0 Å². The summed E-state index contributed by atoms with van der Waals surface area (Å²) in [6.45, 7) is 4.56. The normalized spacial score (nSPS) is 17.9. The molecule has 4 heteroatoms. The Morgan fingerprint density at radius 1 is 1.42 bits per heavy atom. The van der Waals surface area contributed by atoms with Crippen LogP contribution in [0.25, 0.3) is 0 Å². The average Bonchev–Trinajstić information content (AvgIpc) is 2.47. The van der Waals surface area contributed by atoms with Gasteiger partial charge < -0.3 is 10.6 Å². The van der Waals surface area contributed by atoms with Gasteiger partial charge in [-0.25, -0.2) is 0 Å². The number of nitrogens with zero attached hydrogens (tertiary/aromatic N) is 1. The number of rotatable bonds is 5. The second kappa shape index (κ2) is 6.66. The van der Waals surface area contributed by atoms with Gasteiger partial charge in [-0.2, -0.15) is 0 Å². The first-order valence-corrected chi connectivity index (χ1v) is 7.16. The standard InChI is InChI=1S/C15H23N3O/c1-2-6-15(7-10-16-11-8-15)14(19)18-12-13-5-3-4-9-17-13/h3-5,9,16H,2,6-8,10-12H2,1H3,(H,18,19). The van der Waals surface area contributed by atoms with Crippen LogP contribution in [0.1, 0.15) is 38.3 Å². The van der Waals surface area contributed by atoms with Crippen molar-refractivity contribution in [1.82, 2.24) is 15.6 Å². The van der Waals surface area contributed by atoms with Crippen LogP contribution in [0.5, 0.6) is 0 Å². The van der Waals surface area contributed by atoms with E-state index >= 15 is 0 Å². The molecule has 1 aliphatic heterocycles. The Morgan fingerprint density at radius 3 is 2.84 bits per heavy atom. The highest BCUT2D eigenvalue weighted by molar-refractivity contribution is 5.82. The first-order chi connectivity index (χ1) is 9.27. The Kier molecular flexibility index (Phi) is 4.91. The lowest BCUT2D eigenvalue weighted by Crippen LogP contribution is -2.47. The molecule has 2 rings (SSSR count). The minimum absolute atomic E-state index is 0.172. The lowest BCUT2D eigenvalue weighted by atomic mass is 9.74. The van der Waals surface area contributed by atoms with Crippen LogP contribution < -0.4 is 10.6 Å². The molecule has 19 heavy (non-hydrogen) atoms. The number of carbonyl (C=O) groups excluding carboxylic acids is 1. The molecule has 4 nitrogen and oxygen atoms in total. The van der Waals surface area contributed by atoms with E-state index in [1.54, 1.807) is 6.20 Å². The molecule has 1 aliphatic rings. The van der Waals surface area contributed by atoms with Gasteiger partial charge in [-0.1, -0.05) is 19.4 Å². The number of hydrogen-bond donors (Lipinski definition) is 2. The summed E-state index contributed by atoms with van der Waals surface area (Å²) in [7, 11) is 0. The minimum Gasteiger partial charge on any atom is -0.350 e. The molecule has 1 aromatic rings. The third-order valence-electron chi connectivity index (χ3n) is 3.93. The van der Waals surface area contributed by atoms with Gasteiger partial charge in [-0.05, 0) is 44.5 Å². The van der Waals surface area contributed by atoms with Gasteiger partial charge in [0.25, 0.3) is 0 Å². The monoisotopic (exact) mass is 261 g/mol. The molecule has 0 aromatic carbocycles. The lowest BCUT2D eigenvalue weighted by molar-refractivity contribution is -0.133. The van der Waals surface area contributed by atoms with Crippen LogP contribution in [0.4, 0.5) is 0 Å². The first kappa shape index (κ1) is 14.0. The molecule has 0 spiro atoms. The van der Waals surface area contributed by atoms with Gasteiger partial charge in [-0.3, -0.25) is 9.78 Å². The van der Waals surface area contributed by atoms with Crippen molar-refractivity contribution < 1.29 is 4.79 Å². The summed E-state index contributed by atoms with van der Waals surface area (Å²) < 4.78 is 0. The first-order valence-electron chi connectivity index (χ1n) is 7.16. The SMILES string of the molecule is CCCC1(C(=O)NCc2ccccn2)CCNCC1. The molecule has 0 atom stereocenters. The summed E-state index contributed by atoms with van der Waals surface area (Å²) >= 11 is 0. The predicted molar refractivity (Wildman–Crippen MR) is 75.5 cm³/mol. The van der Waals surface area contributed by atoms with Crippen LogP contribution in [0, 0.1) is 5.41 Å².